The highest BCUT2D eigenvalue weighted by atomic mass is 16.5. The number of nitrogens with one attached hydrogen (secondary N) is 1. The molecule has 0 atom stereocenters. The zero-order valence-corrected chi connectivity index (χ0v) is 10.3. The van der Waals surface area contributed by atoms with Gasteiger partial charge in [0, 0.05) is 12.1 Å². The van der Waals surface area contributed by atoms with Gasteiger partial charge in [-0.2, -0.15) is 0 Å². The smallest absolute Gasteiger partial charge is 0.353 e. The van der Waals surface area contributed by atoms with Crippen LogP contribution in [0.2, 0.25) is 0 Å². The third-order valence-electron chi connectivity index (χ3n) is 2.58. The maximum Gasteiger partial charge on any atom is 0.353 e. The molecule has 0 aliphatic carbocycles. The van der Waals surface area contributed by atoms with Crippen LogP contribution >= 0.6 is 0 Å². The van der Waals surface area contributed by atoms with Crippen molar-refractivity contribution in [1.29, 1.82) is 0 Å². The van der Waals surface area contributed by atoms with Crippen molar-refractivity contribution < 1.29 is 19.4 Å². The van der Waals surface area contributed by atoms with Crippen LogP contribution in [0.4, 0.5) is 0 Å². The van der Waals surface area contributed by atoms with Gasteiger partial charge in [-0.3, -0.25) is 9.89 Å². The molecule has 2 aromatic rings. The molecule has 0 bridgehead atoms. The maximum absolute atomic E-state index is 11.8. The molecule has 7 nitrogen and oxygen atoms in total. The zero-order valence-electron chi connectivity index (χ0n) is 10.3. The topological polar surface area (TPSA) is 93.6 Å². The zero-order chi connectivity index (χ0) is 14.0. The molecule has 19 heavy (non-hydrogen) atoms. The van der Waals surface area contributed by atoms with Crippen LogP contribution in [-0.4, -0.2) is 35.1 Å². The van der Waals surface area contributed by atoms with Crippen LogP contribution in [0.25, 0.3) is 5.69 Å². The molecule has 1 heterocycles. The fourth-order valence-corrected chi connectivity index (χ4v) is 1.66. The van der Waals surface area contributed by atoms with Crippen LogP contribution in [-0.2, 0) is 0 Å². The SMILES string of the molecule is COc1ccc(OC)c(-n2[nH]c(C(=O)O)cc2=O)c1. The minimum atomic E-state index is -1.21. The number of aromatic amines is 1. The quantitative estimate of drug-likeness (QED) is 0.855. The van der Waals surface area contributed by atoms with Gasteiger partial charge < -0.3 is 14.6 Å². The molecule has 0 aliphatic rings. The van der Waals surface area contributed by atoms with Gasteiger partial charge >= 0.3 is 5.97 Å². The van der Waals surface area contributed by atoms with Crippen LogP contribution in [0.5, 0.6) is 11.5 Å². The van der Waals surface area contributed by atoms with Gasteiger partial charge in [-0.25, -0.2) is 9.48 Å². The lowest BCUT2D eigenvalue weighted by atomic mass is 10.2. The fraction of sp³-hybridized carbons (Fsp3) is 0.167. The van der Waals surface area contributed by atoms with Crippen molar-refractivity contribution in [2.45, 2.75) is 0 Å². The minimum Gasteiger partial charge on any atom is -0.497 e. The van der Waals surface area contributed by atoms with E-state index in [1.807, 2.05) is 0 Å². The molecule has 7 heteroatoms. The summed E-state index contributed by atoms with van der Waals surface area (Å²) in [5, 5.41) is 11.3. The molecule has 0 radical (unpaired) electrons. The number of methoxy groups -OCH3 is 2. The number of carboxylic acids is 1. The van der Waals surface area contributed by atoms with Gasteiger partial charge in [-0.1, -0.05) is 0 Å². The normalized spacial score (nSPS) is 10.2. The van der Waals surface area contributed by atoms with Gasteiger partial charge in [-0.15, -0.1) is 0 Å². The lowest BCUT2D eigenvalue weighted by Crippen LogP contribution is -2.14. The molecular weight excluding hydrogens is 252 g/mol. The largest absolute Gasteiger partial charge is 0.497 e. The highest BCUT2D eigenvalue weighted by Crippen LogP contribution is 2.26. The first-order valence-corrected chi connectivity index (χ1v) is 5.34. The number of aromatic carboxylic acids is 1. The molecule has 2 N–H and O–H groups in total. The highest BCUT2D eigenvalue weighted by molar-refractivity contribution is 5.85. The number of H-pyrrole nitrogens is 1. The summed E-state index contributed by atoms with van der Waals surface area (Å²) < 4.78 is 11.3. The minimum absolute atomic E-state index is 0.199. The third-order valence-corrected chi connectivity index (χ3v) is 2.58. The predicted molar refractivity (Wildman–Crippen MR) is 66.5 cm³/mol. The molecular formula is C12H12N2O5. The number of benzene rings is 1. The van der Waals surface area contributed by atoms with Gasteiger partial charge in [0.15, 0.2) is 0 Å². The summed E-state index contributed by atoms with van der Waals surface area (Å²) in [6, 6.07) is 5.87. The molecule has 1 aromatic heterocycles. The summed E-state index contributed by atoms with van der Waals surface area (Å²) >= 11 is 0. The average Bonchev–Trinajstić information content (AvgIpc) is 2.80. The highest BCUT2D eigenvalue weighted by Gasteiger charge is 2.14. The van der Waals surface area contributed by atoms with E-state index in [4.69, 9.17) is 14.6 Å². The molecule has 0 saturated heterocycles. The first kappa shape index (κ1) is 12.7. The second-order valence-corrected chi connectivity index (χ2v) is 3.69. The maximum atomic E-state index is 11.8. The van der Waals surface area contributed by atoms with E-state index in [9.17, 15) is 9.59 Å². The van der Waals surface area contributed by atoms with E-state index in [2.05, 4.69) is 5.10 Å². The third kappa shape index (κ3) is 2.30. The van der Waals surface area contributed by atoms with E-state index in [-0.39, 0.29) is 5.69 Å². The Morgan fingerprint density at radius 1 is 1.26 bits per heavy atom. The van der Waals surface area contributed by atoms with Gasteiger partial charge in [0.2, 0.25) is 0 Å². The van der Waals surface area contributed by atoms with E-state index in [0.717, 1.165) is 10.7 Å². The van der Waals surface area contributed by atoms with Gasteiger partial charge in [-0.05, 0) is 12.1 Å². The van der Waals surface area contributed by atoms with Crippen LogP contribution in [0.3, 0.4) is 0 Å². The van der Waals surface area contributed by atoms with Crippen LogP contribution < -0.4 is 15.0 Å². The van der Waals surface area contributed by atoms with Crippen molar-refractivity contribution in [2.24, 2.45) is 0 Å². The Labute approximate surface area is 108 Å². The van der Waals surface area contributed by atoms with Crippen molar-refractivity contribution in [3.05, 3.63) is 40.3 Å². The second-order valence-electron chi connectivity index (χ2n) is 3.69. The van der Waals surface area contributed by atoms with E-state index in [0.29, 0.717) is 17.2 Å². The first-order chi connectivity index (χ1) is 9.06. The van der Waals surface area contributed by atoms with E-state index >= 15 is 0 Å². The summed E-state index contributed by atoms with van der Waals surface area (Å²) in [6.45, 7) is 0. The summed E-state index contributed by atoms with van der Waals surface area (Å²) in [4.78, 5) is 22.6. The van der Waals surface area contributed by atoms with Crippen LogP contribution in [0.1, 0.15) is 10.5 Å². The molecule has 2 rings (SSSR count). The molecule has 0 amide bonds. The summed E-state index contributed by atoms with van der Waals surface area (Å²) in [7, 11) is 2.95. The van der Waals surface area contributed by atoms with Crippen LogP contribution in [0, 0.1) is 0 Å². The molecule has 0 aliphatic heterocycles. The Morgan fingerprint density at radius 2 is 2.00 bits per heavy atom. The van der Waals surface area contributed by atoms with Crippen molar-refractivity contribution in [3.63, 3.8) is 0 Å². The molecule has 0 fully saturated rings. The Kier molecular flexibility index (Phi) is 3.28. The van der Waals surface area contributed by atoms with Crippen LogP contribution in [0.15, 0.2) is 29.1 Å². The van der Waals surface area contributed by atoms with Crippen molar-refractivity contribution in [3.8, 4) is 17.2 Å². The number of hydrogen-bond donors (Lipinski definition) is 2. The lowest BCUT2D eigenvalue weighted by molar-refractivity contribution is 0.0690. The van der Waals surface area contributed by atoms with Crippen molar-refractivity contribution in [2.75, 3.05) is 14.2 Å². The number of aromatic nitrogens is 2. The Morgan fingerprint density at radius 3 is 2.53 bits per heavy atom. The fourth-order valence-electron chi connectivity index (χ4n) is 1.66. The predicted octanol–water partition coefficient (Wildman–Crippen LogP) is 0.881. The number of carbonyl (C=O) groups is 1. The number of carboxylic acid groups (broad SMARTS) is 1. The molecule has 0 spiro atoms. The molecule has 0 unspecified atom stereocenters. The number of hydrogen-bond acceptors (Lipinski definition) is 4. The summed E-state index contributed by atoms with van der Waals surface area (Å²) in [5.41, 5.74) is -0.321. The monoisotopic (exact) mass is 264 g/mol. The van der Waals surface area contributed by atoms with Gasteiger partial charge in [0.05, 0.1) is 14.2 Å². The number of nitrogens with zero attached hydrogens (tertiary/aromatic N) is 1. The number of ether oxygens (including phenoxy) is 2. The lowest BCUT2D eigenvalue weighted by Gasteiger charge is -2.10. The van der Waals surface area contributed by atoms with Crippen molar-refractivity contribution >= 4 is 5.97 Å². The first-order valence-electron chi connectivity index (χ1n) is 5.34. The van der Waals surface area contributed by atoms with Crippen molar-refractivity contribution in [1.82, 2.24) is 9.78 Å². The Bertz CT molecular complexity index is 671. The Balaban J connectivity index is 2.63. The van der Waals surface area contributed by atoms with E-state index < -0.39 is 11.5 Å². The van der Waals surface area contributed by atoms with Gasteiger partial charge in [0.1, 0.15) is 22.9 Å². The van der Waals surface area contributed by atoms with E-state index in [1.54, 1.807) is 18.2 Å². The van der Waals surface area contributed by atoms with Gasteiger partial charge in [0.25, 0.3) is 5.56 Å². The molecule has 1 aromatic carbocycles. The summed E-state index contributed by atoms with van der Waals surface area (Å²) in [6.07, 6.45) is 0. The Hall–Kier alpha value is -2.70. The molecule has 100 valence electrons. The summed E-state index contributed by atoms with van der Waals surface area (Å²) in [5.74, 6) is -0.270. The average molecular weight is 264 g/mol. The molecule has 0 saturated carbocycles. The standard InChI is InChI=1S/C12H12N2O5/c1-18-7-3-4-10(19-2)9(5-7)14-11(15)6-8(13-14)12(16)17/h3-6,13H,1-2H3,(H,16,17). The number of rotatable bonds is 4. The second kappa shape index (κ2) is 4.89. The van der Waals surface area contributed by atoms with E-state index in [1.165, 1.54) is 14.2 Å².